The van der Waals surface area contributed by atoms with Crippen LogP contribution in [-0.4, -0.2) is 77.5 Å². The Bertz CT molecular complexity index is 714. The largest absolute Gasteiger partial charge is 0.393 e. The predicted octanol–water partition coefficient (Wildman–Crippen LogP) is 3.98. The normalized spacial score (nSPS) is 46.6. The molecule has 9 unspecified atom stereocenters. The van der Waals surface area contributed by atoms with Crippen LogP contribution in [0.2, 0.25) is 0 Å². The number of nitrogens with one attached hydrogen (secondary N) is 2. The summed E-state index contributed by atoms with van der Waals surface area (Å²) < 4.78 is 0. The van der Waals surface area contributed by atoms with Crippen LogP contribution in [0.25, 0.3) is 0 Å². The molecule has 0 bridgehead atoms. The molecule has 0 amide bonds. The summed E-state index contributed by atoms with van der Waals surface area (Å²) in [5, 5.41) is 24.1. The van der Waals surface area contributed by atoms with Gasteiger partial charge in [-0.1, -0.05) is 34.1 Å². The van der Waals surface area contributed by atoms with Crippen LogP contribution in [0.4, 0.5) is 0 Å². The highest BCUT2D eigenvalue weighted by atomic mass is 16.3. The standard InChI is InChI=1S/C30H55N5O/c1-5-34(6-2)28-19-30-27(17-21(28)4)31-26-16-20(3)25(33-32-22-12-14-24(36)15-13-22)18-29(26)35(30)23-10-8-7-9-11-23/h20-31,36H,5-19H2,1-4H3/p+1. The highest BCUT2D eigenvalue weighted by Crippen LogP contribution is 2.36. The lowest BCUT2D eigenvalue weighted by molar-refractivity contribution is -0.984. The third-order valence-electron chi connectivity index (χ3n) is 11.2. The fourth-order valence-corrected chi connectivity index (χ4v) is 9.17. The van der Waals surface area contributed by atoms with Gasteiger partial charge in [-0.15, -0.1) is 0 Å². The minimum absolute atomic E-state index is 0.113. The van der Waals surface area contributed by atoms with E-state index in [0.29, 0.717) is 36.1 Å². The Balaban J connectivity index is 1.36. The fourth-order valence-electron chi connectivity index (χ4n) is 9.17. The summed E-state index contributed by atoms with van der Waals surface area (Å²) in [5.74, 6) is 1.38. The summed E-state index contributed by atoms with van der Waals surface area (Å²) in [5.41, 5.74) is 0. The van der Waals surface area contributed by atoms with Crippen LogP contribution in [0.15, 0.2) is 10.2 Å². The second kappa shape index (κ2) is 12.1. The van der Waals surface area contributed by atoms with E-state index in [1.807, 2.05) is 4.90 Å². The first-order chi connectivity index (χ1) is 17.5. The van der Waals surface area contributed by atoms with Crippen molar-refractivity contribution in [3.05, 3.63) is 0 Å². The summed E-state index contributed by atoms with van der Waals surface area (Å²) in [6.45, 7) is 12.0. The molecule has 3 N–H and O–H groups in total. The van der Waals surface area contributed by atoms with Gasteiger partial charge in [0.05, 0.1) is 36.3 Å². The van der Waals surface area contributed by atoms with Gasteiger partial charge in [0.25, 0.3) is 0 Å². The molecule has 0 radical (unpaired) electrons. The predicted molar refractivity (Wildman–Crippen MR) is 147 cm³/mol. The maximum Gasteiger partial charge on any atom is 0.106 e. The lowest BCUT2D eigenvalue weighted by Crippen LogP contribution is -3.27. The van der Waals surface area contributed by atoms with Gasteiger partial charge in [-0.25, -0.2) is 0 Å². The molecule has 5 rings (SSSR count). The topological polar surface area (TPSA) is 64.7 Å². The maximum atomic E-state index is 9.88. The van der Waals surface area contributed by atoms with E-state index in [2.05, 4.69) is 37.9 Å². The van der Waals surface area contributed by atoms with Crippen LogP contribution in [0.5, 0.6) is 0 Å². The van der Waals surface area contributed by atoms with E-state index >= 15 is 0 Å². The minimum atomic E-state index is -0.113. The van der Waals surface area contributed by atoms with E-state index in [4.69, 9.17) is 10.2 Å². The SMILES string of the molecule is CCN(CC)C1CC2C(CC1C)NC1CC(C)C(N=NC3CCC(O)CC3)CC1[NH+]2C1CCCCC1. The molecule has 1 aliphatic heterocycles. The van der Waals surface area contributed by atoms with E-state index in [0.717, 1.165) is 49.7 Å². The first-order valence-electron chi connectivity index (χ1n) is 15.9. The van der Waals surface area contributed by atoms with Crippen LogP contribution >= 0.6 is 0 Å². The van der Waals surface area contributed by atoms with Crippen LogP contribution in [0.1, 0.15) is 111 Å². The van der Waals surface area contributed by atoms with Gasteiger partial charge in [0.1, 0.15) is 12.1 Å². The van der Waals surface area contributed by atoms with Crippen molar-refractivity contribution in [1.29, 1.82) is 0 Å². The second-order valence-electron chi connectivity index (χ2n) is 13.4. The van der Waals surface area contributed by atoms with Crippen molar-refractivity contribution in [2.75, 3.05) is 13.1 Å². The average molecular weight is 503 g/mol. The number of piperazine rings is 1. The van der Waals surface area contributed by atoms with Crippen LogP contribution in [0, 0.1) is 11.8 Å². The molecule has 0 aromatic carbocycles. The third-order valence-corrected chi connectivity index (χ3v) is 11.2. The Labute approximate surface area is 221 Å². The number of nitrogens with zero attached hydrogens (tertiary/aromatic N) is 3. The number of hydrogen-bond acceptors (Lipinski definition) is 5. The van der Waals surface area contributed by atoms with Crippen molar-refractivity contribution in [2.24, 2.45) is 22.1 Å². The van der Waals surface area contributed by atoms with Gasteiger partial charge < -0.3 is 20.2 Å². The first kappa shape index (κ1) is 27.0. The molecule has 4 saturated carbocycles. The van der Waals surface area contributed by atoms with Gasteiger partial charge >= 0.3 is 0 Å². The molecule has 5 aliphatic rings. The molecule has 1 saturated heterocycles. The highest BCUT2D eigenvalue weighted by molar-refractivity contribution is 5.02. The lowest BCUT2D eigenvalue weighted by atomic mass is 9.70. The van der Waals surface area contributed by atoms with Crippen molar-refractivity contribution >= 4 is 0 Å². The molecule has 206 valence electrons. The Morgan fingerprint density at radius 2 is 1.42 bits per heavy atom. The molecule has 6 nitrogen and oxygen atoms in total. The van der Waals surface area contributed by atoms with Gasteiger partial charge in [-0.05, 0) is 89.1 Å². The van der Waals surface area contributed by atoms with Crippen LogP contribution < -0.4 is 10.2 Å². The molecule has 0 aromatic rings. The monoisotopic (exact) mass is 502 g/mol. The molecule has 36 heavy (non-hydrogen) atoms. The number of fused-ring (bicyclic) bond motifs is 2. The van der Waals surface area contributed by atoms with Crippen molar-refractivity contribution < 1.29 is 10.0 Å². The Morgan fingerprint density at radius 1 is 0.778 bits per heavy atom. The van der Waals surface area contributed by atoms with E-state index in [1.54, 1.807) is 0 Å². The quantitative estimate of drug-likeness (QED) is 0.482. The van der Waals surface area contributed by atoms with Crippen molar-refractivity contribution in [2.45, 2.75) is 166 Å². The van der Waals surface area contributed by atoms with E-state index < -0.39 is 0 Å². The summed E-state index contributed by atoms with van der Waals surface area (Å²) in [6.07, 6.45) is 16.0. The van der Waals surface area contributed by atoms with Gasteiger partial charge in [0.2, 0.25) is 0 Å². The summed E-state index contributed by atoms with van der Waals surface area (Å²) in [6, 6.07) is 5.06. The number of quaternary nitrogens is 1. The summed E-state index contributed by atoms with van der Waals surface area (Å²) >= 11 is 0. The Hall–Kier alpha value is -0.560. The maximum absolute atomic E-state index is 9.88. The second-order valence-corrected chi connectivity index (χ2v) is 13.4. The average Bonchev–Trinajstić information content (AvgIpc) is 2.89. The number of aliphatic hydroxyl groups is 1. The Morgan fingerprint density at radius 3 is 2.08 bits per heavy atom. The van der Waals surface area contributed by atoms with Gasteiger partial charge in [-0.3, -0.25) is 0 Å². The number of aliphatic hydroxyl groups excluding tert-OH is 1. The summed E-state index contributed by atoms with van der Waals surface area (Å²) in [7, 11) is 0. The van der Waals surface area contributed by atoms with Crippen LogP contribution in [-0.2, 0) is 0 Å². The molecule has 0 spiro atoms. The third kappa shape index (κ3) is 5.72. The number of rotatable bonds is 6. The van der Waals surface area contributed by atoms with E-state index in [9.17, 15) is 5.11 Å². The smallest absolute Gasteiger partial charge is 0.106 e. The zero-order valence-electron chi connectivity index (χ0n) is 23.7. The van der Waals surface area contributed by atoms with E-state index in [1.165, 1.54) is 70.9 Å². The minimum Gasteiger partial charge on any atom is -0.393 e. The van der Waals surface area contributed by atoms with Gasteiger partial charge in [-0.2, -0.15) is 10.2 Å². The first-order valence-corrected chi connectivity index (χ1v) is 15.9. The zero-order chi connectivity index (χ0) is 25.2. The molecule has 6 heteroatoms. The lowest BCUT2D eigenvalue weighted by Gasteiger charge is -2.58. The highest BCUT2D eigenvalue weighted by Gasteiger charge is 2.55. The number of hydrogen-bond donors (Lipinski definition) is 3. The van der Waals surface area contributed by atoms with Crippen molar-refractivity contribution in [3.8, 4) is 0 Å². The van der Waals surface area contributed by atoms with Gasteiger partial charge in [0.15, 0.2) is 0 Å². The summed E-state index contributed by atoms with van der Waals surface area (Å²) in [4.78, 5) is 4.74. The fraction of sp³-hybridized carbons (Fsp3) is 1.00. The Kier molecular flexibility index (Phi) is 9.08. The number of azo groups is 1. The molecule has 0 aromatic heterocycles. The molecular weight excluding hydrogens is 446 g/mol. The molecular formula is C30H56N5O+. The molecule has 4 aliphatic carbocycles. The van der Waals surface area contributed by atoms with Gasteiger partial charge in [0, 0.05) is 18.9 Å². The molecule has 9 atom stereocenters. The molecule has 1 heterocycles. The van der Waals surface area contributed by atoms with Crippen molar-refractivity contribution in [1.82, 2.24) is 10.2 Å². The van der Waals surface area contributed by atoms with Crippen LogP contribution in [0.3, 0.4) is 0 Å². The zero-order valence-corrected chi connectivity index (χ0v) is 23.7. The van der Waals surface area contributed by atoms with Crippen molar-refractivity contribution in [3.63, 3.8) is 0 Å². The molecule has 5 fully saturated rings. The van der Waals surface area contributed by atoms with E-state index in [-0.39, 0.29) is 6.10 Å².